The van der Waals surface area contributed by atoms with E-state index >= 15 is 0 Å². The zero-order chi connectivity index (χ0) is 13.1. The van der Waals surface area contributed by atoms with Crippen molar-refractivity contribution in [3.8, 4) is 5.75 Å². The molecule has 102 valence electrons. The van der Waals surface area contributed by atoms with E-state index in [1.54, 1.807) is 0 Å². The molecule has 2 aliphatic rings. The van der Waals surface area contributed by atoms with Gasteiger partial charge in [-0.2, -0.15) is 0 Å². The molecule has 2 heteroatoms. The molecule has 0 fully saturated rings. The lowest BCUT2D eigenvalue weighted by molar-refractivity contribution is 0.210. The number of hydrogen-bond donors (Lipinski definition) is 1. The topological polar surface area (TPSA) is 29.5 Å². The Bertz CT molecular complexity index is 464. The van der Waals surface area contributed by atoms with Gasteiger partial charge in [-0.25, -0.2) is 0 Å². The Labute approximate surface area is 115 Å². The molecule has 2 atom stereocenters. The number of aliphatic hydroxyl groups excluding tert-OH is 1. The molecule has 0 aromatic heterocycles. The van der Waals surface area contributed by atoms with E-state index < -0.39 is 0 Å². The van der Waals surface area contributed by atoms with Crippen molar-refractivity contribution in [2.45, 2.75) is 50.5 Å². The third kappa shape index (κ3) is 3.01. The van der Waals surface area contributed by atoms with Crippen LogP contribution in [0.4, 0.5) is 0 Å². The molecule has 19 heavy (non-hydrogen) atoms. The maximum atomic E-state index is 9.88. The predicted octanol–water partition coefficient (Wildman–Crippen LogP) is 3.80. The second kappa shape index (κ2) is 5.79. The van der Waals surface area contributed by atoms with Crippen LogP contribution in [0.25, 0.3) is 0 Å². The number of allylic oxidation sites excluding steroid dienone is 1. The average molecular weight is 258 g/mol. The first kappa shape index (κ1) is 12.7. The molecular formula is C17H22O2. The van der Waals surface area contributed by atoms with Gasteiger partial charge in [0.1, 0.15) is 5.75 Å². The molecule has 1 N–H and O–H groups in total. The second-order valence-electron chi connectivity index (χ2n) is 5.71. The molecule has 1 aliphatic heterocycles. The first-order chi connectivity index (χ1) is 9.33. The van der Waals surface area contributed by atoms with Gasteiger partial charge in [-0.1, -0.05) is 36.3 Å². The van der Waals surface area contributed by atoms with Crippen molar-refractivity contribution in [2.24, 2.45) is 0 Å². The molecule has 1 aliphatic carbocycles. The molecule has 0 bridgehead atoms. The van der Waals surface area contributed by atoms with Gasteiger partial charge in [0.25, 0.3) is 0 Å². The van der Waals surface area contributed by atoms with Gasteiger partial charge < -0.3 is 9.84 Å². The highest BCUT2D eigenvalue weighted by atomic mass is 16.5. The van der Waals surface area contributed by atoms with Gasteiger partial charge in [-0.05, 0) is 49.7 Å². The van der Waals surface area contributed by atoms with Crippen molar-refractivity contribution in [2.75, 3.05) is 6.61 Å². The molecule has 2 unspecified atom stereocenters. The monoisotopic (exact) mass is 258 g/mol. The fourth-order valence-corrected chi connectivity index (χ4v) is 3.26. The minimum atomic E-state index is -0.229. The summed E-state index contributed by atoms with van der Waals surface area (Å²) in [6.07, 6.45) is 8.48. The number of fused-ring (bicyclic) bond motifs is 1. The number of benzene rings is 1. The normalized spacial score (nSPS) is 26.9. The van der Waals surface area contributed by atoms with E-state index in [-0.39, 0.29) is 6.10 Å². The van der Waals surface area contributed by atoms with Crippen LogP contribution in [0.5, 0.6) is 5.75 Å². The van der Waals surface area contributed by atoms with Gasteiger partial charge in [0.2, 0.25) is 0 Å². The van der Waals surface area contributed by atoms with Gasteiger partial charge in [0, 0.05) is 0 Å². The van der Waals surface area contributed by atoms with Crippen LogP contribution < -0.4 is 4.74 Å². The predicted molar refractivity (Wildman–Crippen MR) is 76.5 cm³/mol. The Morgan fingerprint density at radius 3 is 3.00 bits per heavy atom. The van der Waals surface area contributed by atoms with Crippen molar-refractivity contribution in [1.29, 1.82) is 0 Å². The standard InChI is InChI=1S/C17H22O2/c18-15-6-2-1-5-13(12-15)11-14-9-10-19-17-8-4-3-7-16(14)17/h3-4,7-8,12,14-15,18H,1-2,5-6,9-11H2. The number of hydrogen-bond acceptors (Lipinski definition) is 2. The Hall–Kier alpha value is -1.28. The fourth-order valence-electron chi connectivity index (χ4n) is 3.26. The summed E-state index contributed by atoms with van der Waals surface area (Å²) < 4.78 is 5.72. The number of ether oxygens (including phenoxy) is 1. The lowest BCUT2D eigenvalue weighted by Crippen LogP contribution is -2.15. The zero-order valence-corrected chi connectivity index (χ0v) is 11.3. The summed E-state index contributed by atoms with van der Waals surface area (Å²) in [5, 5.41) is 9.88. The highest BCUT2D eigenvalue weighted by molar-refractivity contribution is 5.38. The van der Waals surface area contributed by atoms with Crippen molar-refractivity contribution >= 4 is 0 Å². The lowest BCUT2D eigenvalue weighted by atomic mass is 9.86. The van der Waals surface area contributed by atoms with Gasteiger partial charge >= 0.3 is 0 Å². The van der Waals surface area contributed by atoms with Gasteiger partial charge in [-0.15, -0.1) is 0 Å². The first-order valence-electron chi connectivity index (χ1n) is 7.42. The van der Waals surface area contributed by atoms with Crippen LogP contribution in [0.1, 0.15) is 50.0 Å². The summed E-state index contributed by atoms with van der Waals surface area (Å²) in [5.41, 5.74) is 2.78. The molecule has 0 saturated carbocycles. The molecular weight excluding hydrogens is 236 g/mol. The van der Waals surface area contributed by atoms with E-state index in [4.69, 9.17) is 4.74 Å². The molecule has 0 spiro atoms. The molecule has 1 aromatic rings. The van der Waals surface area contributed by atoms with Crippen molar-refractivity contribution < 1.29 is 9.84 Å². The van der Waals surface area contributed by atoms with Crippen LogP contribution in [0, 0.1) is 0 Å². The highest BCUT2D eigenvalue weighted by Gasteiger charge is 2.22. The number of rotatable bonds is 2. The molecule has 0 saturated heterocycles. The smallest absolute Gasteiger partial charge is 0.122 e. The fraction of sp³-hybridized carbons (Fsp3) is 0.529. The van der Waals surface area contributed by atoms with Crippen molar-refractivity contribution in [3.05, 3.63) is 41.5 Å². The number of para-hydroxylation sites is 1. The second-order valence-corrected chi connectivity index (χ2v) is 5.71. The van der Waals surface area contributed by atoms with Gasteiger partial charge in [0.05, 0.1) is 12.7 Å². The SMILES string of the molecule is OC1C=C(CC2CCOc3ccccc32)CCCC1. The van der Waals surface area contributed by atoms with Gasteiger partial charge in [0.15, 0.2) is 0 Å². The highest BCUT2D eigenvalue weighted by Crippen LogP contribution is 2.38. The third-order valence-corrected chi connectivity index (χ3v) is 4.27. The Kier molecular flexibility index (Phi) is 3.88. The average Bonchev–Trinajstić information content (AvgIpc) is 2.63. The van der Waals surface area contributed by atoms with Gasteiger partial charge in [-0.3, -0.25) is 0 Å². The van der Waals surface area contributed by atoms with E-state index in [1.165, 1.54) is 17.6 Å². The van der Waals surface area contributed by atoms with E-state index in [0.717, 1.165) is 44.5 Å². The molecule has 1 heterocycles. The maximum absolute atomic E-state index is 9.88. The zero-order valence-electron chi connectivity index (χ0n) is 11.3. The summed E-state index contributed by atoms with van der Waals surface area (Å²) in [6, 6.07) is 8.39. The van der Waals surface area contributed by atoms with E-state index in [1.807, 2.05) is 6.07 Å². The summed E-state index contributed by atoms with van der Waals surface area (Å²) in [5.74, 6) is 1.61. The summed E-state index contributed by atoms with van der Waals surface area (Å²) in [7, 11) is 0. The molecule has 2 nitrogen and oxygen atoms in total. The Morgan fingerprint density at radius 1 is 1.16 bits per heavy atom. The minimum absolute atomic E-state index is 0.229. The van der Waals surface area contributed by atoms with E-state index in [2.05, 4.69) is 24.3 Å². The minimum Gasteiger partial charge on any atom is -0.493 e. The summed E-state index contributed by atoms with van der Waals surface area (Å²) in [6.45, 7) is 0.817. The quantitative estimate of drug-likeness (QED) is 0.817. The first-order valence-corrected chi connectivity index (χ1v) is 7.42. The van der Waals surface area contributed by atoms with E-state index in [9.17, 15) is 5.11 Å². The molecule has 1 aromatic carbocycles. The van der Waals surface area contributed by atoms with Crippen LogP contribution in [-0.4, -0.2) is 17.8 Å². The van der Waals surface area contributed by atoms with Crippen LogP contribution in [0.3, 0.4) is 0 Å². The lowest BCUT2D eigenvalue weighted by Gasteiger charge is -2.26. The molecule has 0 radical (unpaired) electrons. The van der Waals surface area contributed by atoms with Crippen molar-refractivity contribution in [1.82, 2.24) is 0 Å². The Morgan fingerprint density at radius 2 is 2.05 bits per heavy atom. The summed E-state index contributed by atoms with van der Waals surface area (Å²) in [4.78, 5) is 0. The Balaban J connectivity index is 1.77. The molecule has 3 rings (SSSR count). The van der Waals surface area contributed by atoms with E-state index in [0.29, 0.717) is 5.92 Å². The number of aliphatic hydroxyl groups is 1. The summed E-state index contributed by atoms with van der Waals surface area (Å²) >= 11 is 0. The van der Waals surface area contributed by atoms with Crippen molar-refractivity contribution in [3.63, 3.8) is 0 Å². The van der Waals surface area contributed by atoms with Crippen LogP contribution in [-0.2, 0) is 0 Å². The van der Waals surface area contributed by atoms with Crippen LogP contribution >= 0.6 is 0 Å². The molecule has 0 amide bonds. The van der Waals surface area contributed by atoms with Crippen LogP contribution in [0.15, 0.2) is 35.9 Å². The third-order valence-electron chi connectivity index (χ3n) is 4.27. The van der Waals surface area contributed by atoms with Crippen LogP contribution in [0.2, 0.25) is 0 Å². The maximum Gasteiger partial charge on any atom is 0.122 e. The largest absolute Gasteiger partial charge is 0.493 e.